The summed E-state index contributed by atoms with van der Waals surface area (Å²) in [6.07, 6.45) is -8.29. The van der Waals surface area contributed by atoms with E-state index in [1.165, 1.54) is 0 Å². The van der Waals surface area contributed by atoms with Crippen molar-refractivity contribution in [1.29, 1.82) is 0 Å². The topological polar surface area (TPSA) is 59.1 Å². The molecule has 0 aromatic heterocycles. The molecule has 171 valence electrons. The van der Waals surface area contributed by atoms with E-state index in [9.17, 15) is 22.8 Å². The number of amides is 1. The second-order valence-corrected chi connectivity index (χ2v) is 6.75. The molecule has 0 spiro atoms. The Kier molecular flexibility index (Phi) is 10.8. The summed E-state index contributed by atoms with van der Waals surface area (Å²) in [4.78, 5) is 25.5. The number of rotatable bonds is 6. The molecule has 0 saturated carbocycles. The standard InChI is InChI=1S/C21H20F3N2O4.CH3.V/c22-21(23,24)19(15-27)30-20(28)26-11-9-25(10-12-26)14-16-5-4-8-18(13-16)29-17-6-2-1-3-7-17;;/h1-8,13,19H,9-12,14H2;1H3;/q2*-1;+2. The molecule has 0 aliphatic carbocycles. The smallest absolute Gasteiger partial charge is 0.538 e. The number of halogens is 3. The van der Waals surface area contributed by atoms with Gasteiger partial charge in [0.25, 0.3) is 0 Å². The van der Waals surface area contributed by atoms with Crippen molar-refractivity contribution in [1.82, 2.24) is 9.80 Å². The Balaban J connectivity index is 0.00000256. The Bertz CT molecular complexity index is 860. The molecule has 0 bridgehead atoms. The van der Waals surface area contributed by atoms with E-state index < -0.39 is 18.4 Å². The molecule has 1 fully saturated rings. The maximum absolute atomic E-state index is 12.5. The first-order valence-corrected chi connectivity index (χ1v) is 9.29. The summed E-state index contributed by atoms with van der Waals surface area (Å²) >= 11 is 0. The van der Waals surface area contributed by atoms with Gasteiger partial charge in [0.05, 0.1) is 0 Å². The van der Waals surface area contributed by atoms with Crippen LogP contribution in [0.4, 0.5) is 18.0 Å². The molecule has 1 heterocycles. The number of carbonyl (C=O) groups is 1. The maximum Gasteiger partial charge on any atom is 2.00 e. The molecule has 10 heteroatoms. The number of alkyl halides is 3. The molecule has 1 amide bonds. The minimum atomic E-state index is -4.97. The predicted molar refractivity (Wildman–Crippen MR) is 108 cm³/mol. The van der Waals surface area contributed by atoms with Gasteiger partial charge in [-0.25, -0.2) is 11.1 Å². The molecule has 2 aromatic carbocycles. The van der Waals surface area contributed by atoms with E-state index in [4.69, 9.17) is 4.74 Å². The second-order valence-electron chi connectivity index (χ2n) is 6.75. The van der Waals surface area contributed by atoms with Crippen molar-refractivity contribution in [2.45, 2.75) is 18.8 Å². The molecule has 0 N–H and O–H groups in total. The first-order valence-electron chi connectivity index (χ1n) is 9.29. The summed E-state index contributed by atoms with van der Waals surface area (Å²) in [6.45, 7) is 1.91. The summed E-state index contributed by atoms with van der Waals surface area (Å²) in [5, 5.41) is 0. The van der Waals surface area contributed by atoms with Crippen LogP contribution in [0.25, 0.3) is 0 Å². The van der Waals surface area contributed by atoms with Gasteiger partial charge in [0.2, 0.25) is 0 Å². The van der Waals surface area contributed by atoms with E-state index >= 15 is 0 Å². The molecule has 2 aromatic rings. The fourth-order valence-corrected chi connectivity index (χ4v) is 3.01. The van der Waals surface area contributed by atoms with Crippen molar-refractivity contribution in [3.63, 3.8) is 0 Å². The third-order valence-corrected chi connectivity index (χ3v) is 4.54. The summed E-state index contributed by atoms with van der Waals surface area (Å²) < 4.78 is 47.7. The second kappa shape index (κ2) is 12.5. The third-order valence-electron chi connectivity index (χ3n) is 4.54. The van der Waals surface area contributed by atoms with Gasteiger partial charge < -0.3 is 26.6 Å². The largest absolute Gasteiger partial charge is 2.00 e. The van der Waals surface area contributed by atoms with Crippen molar-refractivity contribution >= 4 is 12.4 Å². The van der Waals surface area contributed by atoms with Crippen LogP contribution in [0.2, 0.25) is 0 Å². The Morgan fingerprint density at radius 3 is 2.22 bits per heavy atom. The molecule has 1 saturated heterocycles. The molecular formula is C22H23F3N2O4V. The van der Waals surface area contributed by atoms with E-state index in [2.05, 4.69) is 9.64 Å². The molecule has 1 unspecified atom stereocenters. The van der Waals surface area contributed by atoms with Gasteiger partial charge in [0, 0.05) is 32.7 Å². The molecule has 32 heavy (non-hydrogen) atoms. The van der Waals surface area contributed by atoms with Crippen LogP contribution < -0.4 is 4.74 Å². The average Bonchev–Trinajstić information content (AvgIpc) is 2.72. The number of ether oxygens (including phenoxy) is 2. The minimum Gasteiger partial charge on any atom is -0.538 e. The van der Waals surface area contributed by atoms with Gasteiger partial charge in [-0.2, -0.15) is 13.2 Å². The summed E-state index contributed by atoms with van der Waals surface area (Å²) in [5.41, 5.74) is 1.01. The Morgan fingerprint density at radius 2 is 1.62 bits per heavy atom. The van der Waals surface area contributed by atoms with Gasteiger partial charge >= 0.3 is 30.8 Å². The Labute approximate surface area is 197 Å². The Morgan fingerprint density at radius 1 is 1.00 bits per heavy atom. The van der Waals surface area contributed by atoms with E-state index in [0.717, 1.165) is 16.2 Å². The van der Waals surface area contributed by atoms with Crippen LogP contribution in [0, 0.1) is 7.43 Å². The van der Waals surface area contributed by atoms with E-state index in [1.807, 2.05) is 54.6 Å². The normalized spacial score (nSPS) is 15.0. The molecule has 1 atom stereocenters. The number of nitrogens with zero attached hydrogens (tertiary/aromatic N) is 2. The van der Waals surface area contributed by atoms with Crippen LogP contribution in [0.1, 0.15) is 5.56 Å². The monoisotopic (exact) mass is 487 g/mol. The number of carbonyl (C=O) groups excluding carboxylic acids is 2. The maximum atomic E-state index is 12.5. The van der Waals surface area contributed by atoms with E-state index in [-0.39, 0.29) is 39.1 Å². The molecule has 3 rings (SSSR count). The predicted octanol–water partition coefficient (Wildman–Crippen LogP) is 4.22. The first kappa shape index (κ1) is 27.5. The van der Waals surface area contributed by atoms with Crippen molar-refractivity contribution < 1.29 is 50.8 Å². The van der Waals surface area contributed by atoms with Crippen molar-refractivity contribution in [2.75, 3.05) is 26.2 Å². The number of piperazine rings is 1. The number of hydrogen-bond acceptors (Lipinski definition) is 5. The molecule has 1 radical (unpaired) electrons. The fourth-order valence-electron chi connectivity index (χ4n) is 3.01. The van der Waals surface area contributed by atoms with Crippen molar-refractivity contribution in [3.8, 4) is 11.5 Å². The molecule has 1 aliphatic heterocycles. The number of benzene rings is 2. The summed E-state index contributed by atoms with van der Waals surface area (Å²) in [5.74, 6) is 1.43. The molecular weight excluding hydrogens is 464 g/mol. The van der Waals surface area contributed by atoms with Crippen LogP contribution in [0.3, 0.4) is 0 Å². The zero-order valence-electron chi connectivity index (χ0n) is 17.4. The molecule has 1 aliphatic rings. The minimum absolute atomic E-state index is 0. The van der Waals surface area contributed by atoms with Crippen LogP contribution in [-0.4, -0.2) is 60.6 Å². The zero-order valence-corrected chi connectivity index (χ0v) is 18.8. The van der Waals surface area contributed by atoms with Gasteiger partial charge in [-0.15, -0.1) is 0 Å². The van der Waals surface area contributed by atoms with Gasteiger partial charge in [0.1, 0.15) is 17.6 Å². The number of hydrogen-bond donors (Lipinski definition) is 0. The average molecular weight is 487 g/mol. The van der Waals surface area contributed by atoms with Crippen LogP contribution in [0.15, 0.2) is 54.6 Å². The first-order chi connectivity index (χ1) is 14.3. The number of para-hydroxylation sites is 1. The third kappa shape index (κ3) is 7.89. The van der Waals surface area contributed by atoms with Crippen molar-refractivity contribution in [3.05, 3.63) is 67.6 Å². The van der Waals surface area contributed by atoms with Gasteiger partial charge in [-0.3, -0.25) is 4.90 Å². The summed E-state index contributed by atoms with van der Waals surface area (Å²) in [6, 6.07) is 17.0. The van der Waals surface area contributed by atoms with Crippen molar-refractivity contribution in [2.24, 2.45) is 0 Å². The summed E-state index contributed by atoms with van der Waals surface area (Å²) in [7, 11) is 0. The van der Waals surface area contributed by atoms with Gasteiger partial charge in [-0.1, -0.05) is 30.3 Å². The zero-order chi connectivity index (χ0) is 21.6. The molecule has 6 nitrogen and oxygen atoms in total. The SMILES string of the molecule is O=[C-]C(OC(=O)N1CCN(Cc2cccc(Oc3ccccc3)c2)CC1)C(F)(F)F.[CH3-].[V+2]. The van der Waals surface area contributed by atoms with Gasteiger partial charge in [0.15, 0.2) is 0 Å². The van der Waals surface area contributed by atoms with Crippen LogP contribution in [0.5, 0.6) is 11.5 Å². The fraction of sp³-hybridized carbons (Fsp3) is 0.318. The quantitative estimate of drug-likeness (QED) is 0.572. The van der Waals surface area contributed by atoms with E-state index in [1.54, 1.807) is 0 Å². The van der Waals surface area contributed by atoms with Crippen LogP contribution >= 0.6 is 0 Å². The van der Waals surface area contributed by atoms with Gasteiger partial charge in [-0.05, 0) is 29.8 Å². The van der Waals surface area contributed by atoms with Crippen LogP contribution in [-0.2, 0) is 34.6 Å². The Hall–Kier alpha value is -2.49. The van der Waals surface area contributed by atoms with E-state index in [0.29, 0.717) is 31.7 Å².